The van der Waals surface area contributed by atoms with E-state index >= 15 is 0 Å². The average molecular weight is 291 g/mol. The first kappa shape index (κ1) is 13.8. The van der Waals surface area contributed by atoms with Crippen molar-refractivity contribution >= 4 is 17.3 Å². The van der Waals surface area contributed by atoms with Crippen LogP contribution in [0.1, 0.15) is 24.8 Å². The van der Waals surface area contributed by atoms with Crippen LogP contribution in [0.5, 0.6) is 0 Å². The van der Waals surface area contributed by atoms with Gasteiger partial charge in [0.25, 0.3) is 5.91 Å². The van der Waals surface area contributed by atoms with Crippen molar-refractivity contribution in [3.05, 3.63) is 33.9 Å². The van der Waals surface area contributed by atoms with Gasteiger partial charge in [0.1, 0.15) is 5.69 Å². The molecule has 0 unspecified atom stereocenters. The Morgan fingerprint density at radius 3 is 2.62 bits per heavy atom. The van der Waals surface area contributed by atoms with E-state index in [-0.39, 0.29) is 12.5 Å². The Bertz CT molecular complexity index is 582. The van der Waals surface area contributed by atoms with E-state index in [9.17, 15) is 20.0 Å². The zero-order valence-corrected chi connectivity index (χ0v) is 11.6. The van der Waals surface area contributed by atoms with Crippen molar-refractivity contribution in [3.63, 3.8) is 0 Å². The van der Waals surface area contributed by atoms with Gasteiger partial charge in [-0.15, -0.1) is 0 Å². The highest BCUT2D eigenvalue weighted by Crippen LogP contribution is 2.32. The zero-order valence-electron chi connectivity index (χ0n) is 11.6. The van der Waals surface area contributed by atoms with Crippen LogP contribution in [-0.2, 0) is 11.2 Å². The molecule has 0 spiro atoms. The number of aliphatic hydroxyl groups is 1. The van der Waals surface area contributed by atoms with E-state index in [0.29, 0.717) is 17.1 Å². The van der Waals surface area contributed by atoms with Crippen molar-refractivity contribution in [1.82, 2.24) is 0 Å². The molecule has 1 fully saturated rings. The fourth-order valence-corrected chi connectivity index (χ4v) is 2.96. The van der Waals surface area contributed by atoms with Crippen LogP contribution in [0.25, 0.3) is 0 Å². The first-order valence-corrected chi connectivity index (χ1v) is 7.09. The lowest BCUT2D eigenvalue weighted by atomic mass is 10.0. The lowest BCUT2D eigenvalue weighted by Gasteiger charge is -2.32. The molecule has 1 saturated heterocycles. The predicted octanol–water partition coefficient (Wildman–Crippen LogP) is 1.12. The lowest BCUT2D eigenvalue weighted by Crippen LogP contribution is -2.40. The van der Waals surface area contributed by atoms with Crippen LogP contribution >= 0.6 is 0 Å². The topological polar surface area (TPSA) is 86.9 Å². The van der Waals surface area contributed by atoms with Gasteiger partial charge < -0.3 is 10.0 Å². The molecule has 3 rings (SSSR count). The Balaban J connectivity index is 1.88. The summed E-state index contributed by atoms with van der Waals surface area (Å²) in [6.07, 6.45) is 1.92. The summed E-state index contributed by atoms with van der Waals surface area (Å²) >= 11 is 0. The van der Waals surface area contributed by atoms with E-state index in [1.165, 1.54) is 0 Å². The Hall–Kier alpha value is -2.15. The summed E-state index contributed by atoms with van der Waals surface area (Å²) in [5, 5.41) is 20.6. The van der Waals surface area contributed by atoms with Gasteiger partial charge in [-0.3, -0.25) is 4.79 Å². The van der Waals surface area contributed by atoms with Crippen molar-refractivity contribution in [1.29, 1.82) is 0 Å². The monoisotopic (exact) mass is 291 g/mol. The van der Waals surface area contributed by atoms with Crippen LogP contribution in [0.3, 0.4) is 0 Å². The summed E-state index contributed by atoms with van der Waals surface area (Å²) in [6, 6.07) is 5.39. The van der Waals surface area contributed by atoms with E-state index in [0.717, 1.165) is 37.2 Å². The van der Waals surface area contributed by atoms with Crippen molar-refractivity contribution in [2.75, 3.05) is 23.0 Å². The van der Waals surface area contributed by atoms with Crippen molar-refractivity contribution in [3.8, 4) is 0 Å². The van der Waals surface area contributed by atoms with Crippen molar-refractivity contribution in [2.45, 2.75) is 31.8 Å². The number of aryl methyl sites for hydroxylation is 1. The first-order chi connectivity index (χ1) is 10.1. The molecule has 0 aromatic heterocycles. The molecule has 112 valence electrons. The highest BCUT2D eigenvalue weighted by Gasteiger charge is 2.33. The van der Waals surface area contributed by atoms with Crippen molar-refractivity contribution in [2.24, 2.45) is 0 Å². The minimum absolute atomic E-state index is 0.163. The fraction of sp³-hybridized carbons (Fsp3) is 0.500. The second-order valence-electron chi connectivity index (χ2n) is 5.47. The highest BCUT2D eigenvalue weighted by molar-refractivity contribution is 5.94. The molecule has 0 saturated carbocycles. The van der Waals surface area contributed by atoms with Crippen molar-refractivity contribution < 1.29 is 14.9 Å². The molecule has 0 aliphatic carbocycles. The number of nitro groups is 1. The van der Waals surface area contributed by atoms with E-state index < -0.39 is 10.9 Å². The lowest BCUT2D eigenvalue weighted by molar-refractivity contribution is -0.484. The van der Waals surface area contributed by atoms with Gasteiger partial charge in [-0.05, 0) is 48.0 Å². The summed E-state index contributed by atoms with van der Waals surface area (Å²) in [5.41, 5.74) is 2.20. The van der Waals surface area contributed by atoms with Crippen LogP contribution in [0.4, 0.5) is 11.4 Å². The molecular weight excluding hydrogens is 274 g/mol. The van der Waals surface area contributed by atoms with Gasteiger partial charge in [0, 0.05) is 25.2 Å². The summed E-state index contributed by atoms with van der Waals surface area (Å²) in [6.45, 7) is 1.55. The zero-order chi connectivity index (χ0) is 15.0. The van der Waals surface area contributed by atoms with E-state index in [1.54, 1.807) is 6.07 Å². The number of anilines is 2. The Morgan fingerprint density at radius 1 is 1.24 bits per heavy atom. The Morgan fingerprint density at radius 2 is 1.95 bits per heavy atom. The number of carbonyl (C=O) groups is 1. The quantitative estimate of drug-likeness (QED) is 0.651. The molecular formula is C14H17N3O4. The summed E-state index contributed by atoms with van der Waals surface area (Å²) < 4.78 is 0. The number of hydrazine groups is 1. The molecule has 1 amide bonds. The number of carbonyl (C=O) groups excluding carboxylic acids is 1. The number of amides is 1. The Labute approximate surface area is 121 Å². The molecule has 1 aromatic carbocycles. The summed E-state index contributed by atoms with van der Waals surface area (Å²) in [5.74, 6) is -0.471. The normalized spacial score (nSPS) is 19.6. The highest BCUT2D eigenvalue weighted by atomic mass is 16.7. The number of hydrogen-bond acceptors (Lipinski definition) is 5. The molecule has 2 aliphatic heterocycles. The number of hydrogen-bond donors (Lipinski definition) is 1. The third-order valence-electron chi connectivity index (χ3n) is 4.13. The maximum absolute atomic E-state index is 11.7. The summed E-state index contributed by atoms with van der Waals surface area (Å²) in [4.78, 5) is 24.9. The average Bonchev–Trinajstić information content (AvgIpc) is 2.47. The molecule has 7 nitrogen and oxygen atoms in total. The number of nitrogens with zero attached hydrogens (tertiary/aromatic N) is 3. The smallest absolute Gasteiger partial charge is 0.289 e. The standard InChI is InChI=1S/C14H17N3O4/c18-12-5-7-15(8-6-12)11-2-3-13-10(9-11)1-4-14(19)16(13)17(20)21/h2-3,9,12,18H,1,4-8H2. The second-order valence-corrected chi connectivity index (χ2v) is 5.47. The van der Waals surface area contributed by atoms with Gasteiger partial charge in [0.15, 0.2) is 5.03 Å². The number of fused-ring (bicyclic) bond motifs is 1. The second kappa shape index (κ2) is 5.33. The van der Waals surface area contributed by atoms with Crippen LogP contribution < -0.4 is 9.91 Å². The minimum Gasteiger partial charge on any atom is -0.393 e. The van der Waals surface area contributed by atoms with Crippen LogP contribution in [-0.4, -0.2) is 35.2 Å². The molecule has 0 bridgehead atoms. The molecule has 2 aliphatic rings. The number of aliphatic hydroxyl groups excluding tert-OH is 1. The number of rotatable bonds is 2. The van der Waals surface area contributed by atoms with Crippen LogP contribution in [0, 0.1) is 10.1 Å². The van der Waals surface area contributed by atoms with E-state index in [1.807, 2.05) is 12.1 Å². The third kappa shape index (κ3) is 2.56. The SMILES string of the molecule is O=C1CCc2cc(N3CCC(O)CC3)ccc2N1[N+](=O)[O-]. The largest absolute Gasteiger partial charge is 0.393 e. The molecule has 0 radical (unpaired) electrons. The van der Waals surface area contributed by atoms with Gasteiger partial charge in [-0.1, -0.05) is 0 Å². The van der Waals surface area contributed by atoms with Crippen LogP contribution in [0.15, 0.2) is 18.2 Å². The molecule has 21 heavy (non-hydrogen) atoms. The number of benzene rings is 1. The van der Waals surface area contributed by atoms with Gasteiger partial charge >= 0.3 is 0 Å². The summed E-state index contributed by atoms with van der Waals surface area (Å²) in [7, 11) is 0. The molecule has 7 heteroatoms. The van der Waals surface area contributed by atoms with Gasteiger partial charge in [-0.2, -0.15) is 0 Å². The van der Waals surface area contributed by atoms with Gasteiger partial charge in [-0.25, -0.2) is 10.1 Å². The number of piperidine rings is 1. The van der Waals surface area contributed by atoms with Gasteiger partial charge in [0.2, 0.25) is 0 Å². The van der Waals surface area contributed by atoms with E-state index in [4.69, 9.17) is 0 Å². The Kier molecular flexibility index (Phi) is 3.50. The third-order valence-corrected chi connectivity index (χ3v) is 4.13. The molecule has 1 aromatic rings. The molecule has 1 N–H and O–H groups in total. The fourth-order valence-electron chi connectivity index (χ4n) is 2.96. The first-order valence-electron chi connectivity index (χ1n) is 7.09. The maximum Gasteiger partial charge on any atom is 0.289 e. The minimum atomic E-state index is -0.656. The molecule has 2 heterocycles. The maximum atomic E-state index is 11.7. The van der Waals surface area contributed by atoms with Crippen LogP contribution in [0.2, 0.25) is 0 Å². The van der Waals surface area contributed by atoms with E-state index in [2.05, 4.69) is 4.90 Å². The predicted molar refractivity (Wildman–Crippen MR) is 76.7 cm³/mol. The molecule has 0 atom stereocenters. The van der Waals surface area contributed by atoms with Gasteiger partial charge in [0.05, 0.1) is 6.10 Å².